The zero-order valence-corrected chi connectivity index (χ0v) is 15.7. The van der Waals surface area contributed by atoms with E-state index in [1.807, 2.05) is 11.7 Å². The summed E-state index contributed by atoms with van der Waals surface area (Å²) in [5, 5.41) is 2.12. The van der Waals surface area contributed by atoms with Gasteiger partial charge in [0.25, 0.3) is 0 Å². The number of hydrogen-bond donors (Lipinski definition) is 0. The van der Waals surface area contributed by atoms with Crippen LogP contribution in [-0.4, -0.2) is 39.1 Å². The highest BCUT2D eigenvalue weighted by molar-refractivity contribution is 7.07. The van der Waals surface area contributed by atoms with Crippen LogP contribution in [0.25, 0.3) is 6.08 Å². The van der Waals surface area contributed by atoms with Crippen LogP contribution in [-0.2, 0) is 6.54 Å². The van der Waals surface area contributed by atoms with Gasteiger partial charge in [-0.05, 0) is 24.9 Å². The number of piperidine rings is 1. The molecule has 0 amide bonds. The zero-order valence-electron chi connectivity index (χ0n) is 14.9. The van der Waals surface area contributed by atoms with Crippen molar-refractivity contribution in [2.24, 2.45) is 0 Å². The van der Waals surface area contributed by atoms with E-state index in [0.29, 0.717) is 5.92 Å². The van der Waals surface area contributed by atoms with Gasteiger partial charge in [0, 0.05) is 36.8 Å². The van der Waals surface area contributed by atoms with E-state index in [2.05, 4.69) is 73.5 Å². The van der Waals surface area contributed by atoms with Crippen LogP contribution in [0.15, 0.2) is 59.7 Å². The summed E-state index contributed by atoms with van der Waals surface area (Å²) >= 11 is 1.65. The molecule has 4 nitrogen and oxygen atoms in total. The van der Waals surface area contributed by atoms with Gasteiger partial charge >= 0.3 is 0 Å². The number of imidazole rings is 1. The van der Waals surface area contributed by atoms with Crippen LogP contribution in [0.5, 0.6) is 0 Å². The standard InChI is InChI=1S/C21H24N4S/c1-2-6-18(7-3-1)8-4-11-24-12-5-9-19(14-24)21-22-10-13-25(21)15-20-16-26-17-23-20/h1-4,6-8,10,13,16-17,19H,5,9,11-12,14-15H2/b8-4+/t19-/m0/s1. The SMILES string of the molecule is C(=C\c1ccccc1)/CN1CCC[C@H](c2nccn2Cc2cscn2)C1. The Hall–Kier alpha value is -2.24. The summed E-state index contributed by atoms with van der Waals surface area (Å²) in [6, 6.07) is 10.5. The Morgan fingerprint density at radius 3 is 2.96 bits per heavy atom. The summed E-state index contributed by atoms with van der Waals surface area (Å²) in [5.74, 6) is 1.71. The first kappa shape index (κ1) is 17.2. The lowest BCUT2D eigenvalue weighted by molar-refractivity contribution is 0.222. The Morgan fingerprint density at radius 1 is 1.19 bits per heavy atom. The second-order valence-electron chi connectivity index (χ2n) is 6.80. The number of likely N-dealkylation sites (tertiary alicyclic amines) is 1. The third-order valence-corrected chi connectivity index (χ3v) is 5.54. The van der Waals surface area contributed by atoms with Gasteiger partial charge in [-0.1, -0.05) is 42.5 Å². The first-order valence-corrected chi connectivity index (χ1v) is 10.1. The van der Waals surface area contributed by atoms with E-state index in [0.717, 1.165) is 25.3 Å². The first-order valence-electron chi connectivity index (χ1n) is 9.20. The predicted molar refractivity (Wildman–Crippen MR) is 107 cm³/mol. The second-order valence-corrected chi connectivity index (χ2v) is 7.52. The molecule has 4 rings (SSSR count). The molecule has 2 aromatic heterocycles. The van der Waals surface area contributed by atoms with Gasteiger partial charge in [-0.15, -0.1) is 11.3 Å². The van der Waals surface area contributed by atoms with Crippen molar-refractivity contribution in [3.8, 4) is 0 Å². The Bertz CT molecular complexity index is 823. The van der Waals surface area contributed by atoms with Crippen molar-refractivity contribution < 1.29 is 0 Å². The first-order chi connectivity index (χ1) is 12.9. The van der Waals surface area contributed by atoms with E-state index in [-0.39, 0.29) is 0 Å². The van der Waals surface area contributed by atoms with Gasteiger partial charge in [-0.3, -0.25) is 4.90 Å². The molecule has 3 aromatic rings. The molecule has 1 aliphatic rings. The average molecular weight is 365 g/mol. The maximum absolute atomic E-state index is 4.68. The van der Waals surface area contributed by atoms with Gasteiger partial charge in [0.15, 0.2) is 0 Å². The summed E-state index contributed by atoms with van der Waals surface area (Å²) in [6.07, 6.45) is 10.9. The molecule has 0 radical (unpaired) electrons. The normalized spacial score (nSPS) is 18.5. The highest BCUT2D eigenvalue weighted by Gasteiger charge is 2.24. The molecule has 1 saturated heterocycles. The summed E-state index contributed by atoms with van der Waals surface area (Å²) in [4.78, 5) is 11.6. The minimum atomic E-state index is 0.502. The van der Waals surface area contributed by atoms with Crippen LogP contribution >= 0.6 is 11.3 Å². The van der Waals surface area contributed by atoms with Gasteiger partial charge in [-0.2, -0.15) is 0 Å². The fourth-order valence-electron chi connectivity index (χ4n) is 3.64. The molecule has 26 heavy (non-hydrogen) atoms. The number of benzene rings is 1. The van der Waals surface area contributed by atoms with Gasteiger partial charge in [0.05, 0.1) is 17.7 Å². The molecule has 0 bridgehead atoms. The molecule has 1 aromatic carbocycles. The maximum Gasteiger partial charge on any atom is 0.113 e. The molecule has 1 fully saturated rings. The topological polar surface area (TPSA) is 34.0 Å². The largest absolute Gasteiger partial charge is 0.329 e. The average Bonchev–Trinajstić information content (AvgIpc) is 3.35. The summed E-state index contributed by atoms with van der Waals surface area (Å²) in [7, 11) is 0. The quantitative estimate of drug-likeness (QED) is 0.655. The third kappa shape index (κ3) is 4.29. The summed E-state index contributed by atoms with van der Waals surface area (Å²) in [5.41, 5.74) is 4.28. The lowest BCUT2D eigenvalue weighted by Gasteiger charge is -2.31. The molecule has 1 aliphatic heterocycles. The Kier molecular flexibility index (Phi) is 5.57. The van der Waals surface area contributed by atoms with E-state index < -0.39 is 0 Å². The van der Waals surface area contributed by atoms with E-state index in [4.69, 9.17) is 0 Å². The lowest BCUT2D eigenvalue weighted by Crippen LogP contribution is -2.35. The van der Waals surface area contributed by atoms with E-state index in [1.54, 1.807) is 11.3 Å². The minimum Gasteiger partial charge on any atom is -0.329 e. The van der Waals surface area contributed by atoms with Crippen molar-refractivity contribution in [3.05, 3.63) is 76.8 Å². The van der Waals surface area contributed by atoms with Crippen molar-refractivity contribution in [1.82, 2.24) is 19.4 Å². The molecule has 0 saturated carbocycles. The van der Waals surface area contributed by atoms with Gasteiger partial charge in [0.2, 0.25) is 0 Å². The fourth-order valence-corrected chi connectivity index (χ4v) is 4.19. The molecule has 5 heteroatoms. The molecule has 0 unspecified atom stereocenters. The number of aromatic nitrogens is 3. The van der Waals surface area contributed by atoms with Crippen molar-refractivity contribution in [2.75, 3.05) is 19.6 Å². The predicted octanol–water partition coefficient (Wildman–Crippen LogP) is 4.28. The number of rotatable bonds is 6. The minimum absolute atomic E-state index is 0.502. The highest BCUT2D eigenvalue weighted by atomic mass is 32.1. The van der Waals surface area contributed by atoms with Crippen molar-refractivity contribution in [3.63, 3.8) is 0 Å². The van der Waals surface area contributed by atoms with Crippen LogP contribution in [0.4, 0.5) is 0 Å². The van der Waals surface area contributed by atoms with Crippen LogP contribution in [0.1, 0.15) is 35.8 Å². The van der Waals surface area contributed by atoms with Crippen molar-refractivity contribution in [1.29, 1.82) is 0 Å². The summed E-state index contributed by atoms with van der Waals surface area (Å²) in [6.45, 7) is 4.07. The van der Waals surface area contributed by atoms with Crippen LogP contribution in [0, 0.1) is 0 Å². The van der Waals surface area contributed by atoms with Crippen LogP contribution in [0.3, 0.4) is 0 Å². The number of hydrogen-bond acceptors (Lipinski definition) is 4. The lowest BCUT2D eigenvalue weighted by atomic mass is 9.97. The molecule has 0 aliphatic carbocycles. The Labute approximate surface area is 158 Å². The monoisotopic (exact) mass is 364 g/mol. The van der Waals surface area contributed by atoms with E-state index in [1.165, 1.54) is 30.8 Å². The maximum atomic E-state index is 4.68. The summed E-state index contributed by atoms with van der Waals surface area (Å²) < 4.78 is 2.27. The van der Waals surface area contributed by atoms with Crippen molar-refractivity contribution >= 4 is 17.4 Å². The molecule has 1 atom stereocenters. The van der Waals surface area contributed by atoms with Gasteiger partial charge in [-0.25, -0.2) is 9.97 Å². The smallest absolute Gasteiger partial charge is 0.113 e. The Balaban J connectivity index is 1.38. The third-order valence-electron chi connectivity index (χ3n) is 4.91. The number of thiazole rings is 1. The van der Waals surface area contributed by atoms with Gasteiger partial charge in [0.1, 0.15) is 5.82 Å². The van der Waals surface area contributed by atoms with E-state index >= 15 is 0 Å². The highest BCUT2D eigenvalue weighted by Crippen LogP contribution is 2.26. The zero-order chi connectivity index (χ0) is 17.6. The van der Waals surface area contributed by atoms with Crippen LogP contribution < -0.4 is 0 Å². The van der Waals surface area contributed by atoms with Crippen LogP contribution in [0.2, 0.25) is 0 Å². The molecular formula is C21H24N4S. The van der Waals surface area contributed by atoms with E-state index in [9.17, 15) is 0 Å². The second kappa shape index (κ2) is 8.43. The molecule has 3 heterocycles. The van der Waals surface area contributed by atoms with Gasteiger partial charge < -0.3 is 4.57 Å². The molecule has 0 spiro atoms. The molecular weight excluding hydrogens is 340 g/mol. The Morgan fingerprint density at radius 2 is 2.12 bits per heavy atom. The molecule has 0 N–H and O–H groups in total. The fraction of sp³-hybridized carbons (Fsp3) is 0.333. The molecule has 134 valence electrons. The number of nitrogens with zero attached hydrogens (tertiary/aromatic N) is 4. The van der Waals surface area contributed by atoms with Crippen molar-refractivity contribution in [2.45, 2.75) is 25.3 Å².